The minimum absolute atomic E-state index is 0.397. The molecule has 0 aliphatic rings. The van der Waals surface area contributed by atoms with Crippen LogP contribution in [0.4, 0.5) is 0 Å². The molecule has 0 fully saturated rings. The Morgan fingerprint density at radius 1 is 0.759 bits per heavy atom. The van der Waals surface area contributed by atoms with E-state index in [1.165, 1.54) is 0 Å². The second-order valence-corrected chi connectivity index (χ2v) is 9.16. The average Bonchev–Trinajstić information content (AvgIpc) is 2.60. The number of aryl methyl sites for hydroxylation is 6. The minimum Gasteiger partial charge on any atom is -0.394 e. The zero-order chi connectivity index (χ0) is 21.9. The molecule has 0 aliphatic heterocycles. The number of hydrogen-bond donors (Lipinski definition) is 2. The van der Waals surface area contributed by atoms with Crippen molar-refractivity contribution in [3.05, 3.63) is 68.8 Å². The monoisotopic (exact) mass is 416 g/mol. The van der Waals surface area contributed by atoms with Crippen LogP contribution in [0.1, 0.15) is 54.1 Å². The number of carbonyl (C=O) groups excluding carboxylic acids is 2. The molecule has 2 aromatic rings. The van der Waals surface area contributed by atoms with Crippen molar-refractivity contribution in [2.45, 2.75) is 47.6 Å². The van der Waals surface area contributed by atoms with Crippen molar-refractivity contribution < 1.29 is 24.3 Å². The topological polar surface area (TPSA) is 83.8 Å². The van der Waals surface area contributed by atoms with Gasteiger partial charge in [-0.15, -0.1) is 0 Å². The summed E-state index contributed by atoms with van der Waals surface area (Å²) in [4.78, 5) is 27.0. The molecule has 5 nitrogen and oxygen atoms in total. The minimum atomic E-state index is -2.27. The van der Waals surface area contributed by atoms with E-state index >= 15 is 0 Å². The van der Waals surface area contributed by atoms with Crippen LogP contribution < -0.4 is 0 Å². The summed E-state index contributed by atoms with van der Waals surface area (Å²) in [6.45, 7) is 10.3. The fraction of sp³-hybridized carbons (Fsp3) is 0.391. The standard InChI is InChI=1S/C23H29O5P/c1-13-7-15(3)20(16(4)8-13)22(26)29(28-19(11-24)12-25)23(27)21-17(5)9-14(2)10-18(21)6/h7-10,19,24-25H,11-12H2,1-6H3. The zero-order valence-corrected chi connectivity index (χ0v) is 18.8. The van der Waals surface area contributed by atoms with Crippen LogP contribution in [-0.2, 0) is 4.52 Å². The smallest absolute Gasteiger partial charge is 0.220 e. The average molecular weight is 416 g/mol. The lowest BCUT2D eigenvalue weighted by molar-refractivity contribution is 0.0674. The van der Waals surface area contributed by atoms with E-state index in [0.717, 1.165) is 33.4 Å². The highest BCUT2D eigenvalue weighted by atomic mass is 31.1. The molecule has 0 radical (unpaired) electrons. The van der Waals surface area contributed by atoms with Gasteiger partial charge in [0.15, 0.2) is 8.15 Å². The molecule has 0 spiro atoms. The molecule has 0 heterocycles. The van der Waals surface area contributed by atoms with Crippen LogP contribution in [0.5, 0.6) is 0 Å². The lowest BCUT2D eigenvalue weighted by Crippen LogP contribution is -2.24. The third-order valence-electron chi connectivity index (χ3n) is 4.81. The molecule has 0 aliphatic carbocycles. The van der Waals surface area contributed by atoms with E-state index in [4.69, 9.17) is 4.52 Å². The Bertz CT molecular complexity index is 815. The van der Waals surface area contributed by atoms with E-state index in [1.807, 2.05) is 65.8 Å². The Morgan fingerprint density at radius 2 is 1.07 bits per heavy atom. The lowest BCUT2D eigenvalue weighted by Gasteiger charge is -2.23. The van der Waals surface area contributed by atoms with Gasteiger partial charge >= 0.3 is 0 Å². The number of hydrogen-bond acceptors (Lipinski definition) is 5. The van der Waals surface area contributed by atoms with Crippen molar-refractivity contribution >= 4 is 19.2 Å². The van der Waals surface area contributed by atoms with E-state index in [9.17, 15) is 19.8 Å². The lowest BCUT2D eigenvalue weighted by atomic mass is 10.0. The molecule has 2 aromatic carbocycles. The molecule has 6 heteroatoms. The Morgan fingerprint density at radius 3 is 1.34 bits per heavy atom. The number of aliphatic hydroxyl groups excluding tert-OH is 2. The third kappa shape index (κ3) is 5.18. The quantitative estimate of drug-likeness (QED) is 0.628. The van der Waals surface area contributed by atoms with E-state index in [2.05, 4.69) is 0 Å². The molecule has 0 saturated heterocycles. The summed E-state index contributed by atoms with van der Waals surface area (Å²) in [5.74, 6) is 0. The first-order valence-electron chi connectivity index (χ1n) is 9.53. The molecule has 2 N–H and O–H groups in total. The van der Waals surface area contributed by atoms with Crippen LogP contribution >= 0.6 is 8.15 Å². The van der Waals surface area contributed by atoms with Gasteiger partial charge in [-0.2, -0.15) is 0 Å². The van der Waals surface area contributed by atoms with Crippen molar-refractivity contribution in [2.75, 3.05) is 13.2 Å². The summed E-state index contributed by atoms with van der Waals surface area (Å²) in [6, 6.07) is 7.60. The Hall–Kier alpha value is -1.91. The summed E-state index contributed by atoms with van der Waals surface area (Å²) < 4.78 is 5.73. The second-order valence-electron chi connectivity index (χ2n) is 7.54. The molecule has 0 aromatic heterocycles. The van der Waals surface area contributed by atoms with Gasteiger partial charge in [-0.25, -0.2) is 0 Å². The van der Waals surface area contributed by atoms with Gasteiger partial charge in [-0.05, 0) is 63.8 Å². The maximum Gasteiger partial charge on any atom is 0.220 e. The zero-order valence-electron chi connectivity index (χ0n) is 17.9. The van der Waals surface area contributed by atoms with Crippen molar-refractivity contribution in [3.8, 4) is 0 Å². The normalized spacial score (nSPS) is 11.4. The Kier molecular flexibility index (Phi) is 7.84. The predicted molar refractivity (Wildman–Crippen MR) is 116 cm³/mol. The fourth-order valence-corrected chi connectivity index (χ4v) is 5.62. The van der Waals surface area contributed by atoms with Gasteiger partial charge < -0.3 is 14.7 Å². The number of carbonyl (C=O) groups is 2. The summed E-state index contributed by atoms with van der Waals surface area (Å²) in [6.07, 6.45) is -0.994. The first kappa shape index (κ1) is 23.4. The maximum absolute atomic E-state index is 13.5. The Labute approximate surface area is 173 Å². The SMILES string of the molecule is Cc1cc(C)c(C(=O)P(OC(CO)CO)C(=O)c2c(C)cc(C)cc2C)c(C)c1. The summed E-state index contributed by atoms with van der Waals surface area (Å²) >= 11 is 0. The van der Waals surface area contributed by atoms with Crippen LogP contribution in [0.2, 0.25) is 0 Å². The first-order chi connectivity index (χ1) is 13.6. The first-order valence-corrected chi connectivity index (χ1v) is 10.8. The van der Waals surface area contributed by atoms with Crippen molar-refractivity contribution in [2.24, 2.45) is 0 Å². The Balaban J connectivity index is 2.59. The van der Waals surface area contributed by atoms with Crippen LogP contribution in [0, 0.1) is 41.5 Å². The molecule has 0 unspecified atom stereocenters. The molecular formula is C23H29O5P. The highest BCUT2D eigenvalue weighted by Gasteiger charge is 2.35. The van der Waals surface area contributed by atoms with E-state index in [0.29, 0.717) is 11.1 Å². The van der Waals surface area contributed by atoms with Gasteiger partial charge in [-0.1, -0.05) is 35.4 Å². The maximum atomic E-state index is 13.5. The number of aliphatic hydroxyl groups is 2. The van der Waals surface area contributed by atoms with Crippen LogP contribution in [-0.4, -0.2) is 40.6 Å². The number of rotatable bonds is 8. The van der Waals surface area contributed by atoms with Gasteiger partial charge in [0.2, 0.25) is 11.0 Å². The van der Waals surface area contributed by atoms with Gasteiger partial charge in [0, 0.05) is 11.1 Å². The molecule has 0 saturated carbocycles. The van der Waals surface area contributed by atoms with Gasteiger partial charge in [-0.3, -0.25) is 9.59 Å². The molecule has 29 heavy (non-hydrogen) atoms. The third-order valence-corrected chi connectivity index (χ3v) is 6.51. The van der Waals surface area contributed by atoms with Crippen LogP contribution in [0.25, 0.3) is 0 Å². The van der Waals surface area contributed by atoms with Gasteiger partial charge in [0.05, 0.1) is 13.2 Å². The van der Waals surface area contributed by atoms with E-state index in [1.54, 1.807) is 0 Å². The molecule has 156 valence electrons. The molecule has 2 rings (SSSR count). The highest BCUT2D eigenvalue weighted by Crippen LogP contribution is 2.47. The van der Waals surface area contributed by atoms with E-state index in [-0.39, 0.29) is 0 Å². The van der Waals surface area contributed by atoms with Crippen LogP contribution in [0.3, 0.4) is 0 Å². The van der Waals surface area contributed by atoms with Crippen molar-refractivity contribution in [1.29, 1.82) is 0 Å². The van der Waals surface area contributed by atoms with Gasteiger partial charge in [0.25, 0.3) is 0 Å². The molecule has 0 bridgehead atoms. The summed E-state index contributed by atoms with van der Waals surface area (Å²) in [5, 5.41) is 18.9. The summed E-state index contributed by atoms with van der Waals surface area (Å²) in [5.41, 5.74) is 5.30. The number of benzene rings is 2. The molecule has 0 atom stereocenters. The molecular weight excluding hydrogens is 387 g/mol. The fourth-order valence-electron chi connectivity index (χ4n) is 3.70. The largest absolute Gasteiger partial charge is 0.394 e. The molecule has 0 amide bonds. The van der Waals surface area contributed by atoms with Crippen LogP contribution in [0.15, 0.2) is 24.3 Å². The summed E-state index contributed by atoms with van der Waals surface area (Å²) in [7, 11) is -2.27. The van der Waals surface area contributed by atoms with E-state index < -0.39 is 38.5 Å². The highest BCUT2D eigenvalue weighted by molar-refractivity contribution is 7.86. The van der Waals surface area contributed by atoms with Crippen molar-refractivity contribution in [3.63, 3.8) is 0 Å². The van der Waals surface area contributed by atoms with Gasteiger partial charge in [0.1, 0.15) is 6.10 Å². The second kappa shape index (κ2) is 9.73. The predicted octanol–water partition coefficient (Wildman–Crippen LogP) is 4.28. The van der Waals surface area contributed by atoms with Crippen molar-refractivity contribution in [1.82, 2.24) is 0 Å².